The van der Waals surface area contributed by atoms with Crippen molar-refractivity contribution in [3.05, 3.63) is 34.4 Å². The van der Waals surface area contributed by atoms with Crippen molar-refractivity contribution < 1.29 is 40.7 Å². The van der Waals surface area contributed by atoms with Crippen LogP contribution in [-0.2, 0) is 17.1 Å². The van der Waals surface area contributed by atoms with Crippen LogP contribution in [-0.4, -0.2) is 18.9 Å². The second kappa shape index (κ2) is 5.74. The first kappa shape index (κ1) is 17.0. The van der Waals surface area contributed by atoms with Crippen LogP contribution in [0.15, 0.2) is 12.1 Å². The number of aldehydes is 1. The number of carbonyl (C=O) groups excluding carboxylic acids is 2. The summed E-state index contributed by atoms with van der Waals surface area (Å²) < 4.78 is 80.5. The van der Waals surface area contributed by atoms with Crippen LogP contribution in [0.5, 0.6) is 0 Å². The van der Waals surface area contributed by atoms with Crippen molar-refractivity contribution in [3.8, 4) is 0 Å². The van der Waals surface area contributed by atoms with E-state index in [-0.39, 0.29) is 25.0 Å². The molecule has 0 heterocycles. The second-order valence-corrected chi connectivity index (χ2v) is 3.82. The molecule has 0 aromatic heterocycles. The maximum Gasteiger partial charge on any atom is 0.417 e. The van der Waals surface area contributed by atoms with Gasteiger partial charge in [0.2, 0.25) is 0 Å². The Bertz CT molecular complexity index is 559. The molecule has 1 aromatic rings. The fraction of sp³-hybridized carbons (Fsp3) is 0.333. The smallest absolute Gasteiger partial charge is 0.417 e. The Morgan fingerprint density at radius 3 is 1.95 bits per heavy atom. The molecule has 3 nitrogen and oxygen atoms in total. The van der Waals surface area contributed by atoms with E-state index in [4.69, 9.17) is 0 Å². The van der Waals surface area contributed by atoms with Gasteiger partial charge in [-0.2, -0.15) is 26.3 Å². The highest BCUT2D eigenvalue weighted by Crippen LogP contribution is 2.41. The lowest BCUT2D eigenvalue weighted by Gasteiger charge is -2.17. The Morgan fingerprint density at radius 2 is 1.57 bits per heavy atom. The normalized spacial score (nSPS) is 12.1. The van der Waals surface area contributed by atoms with Crippen molar-refractivity contribution in [1.82, 2.24) is 0 Å². The standard InChI is InChI=1S/C12H8F6O3/c1-2-21-10(20)7-4-9(12(16,17)18)8(11(13,14)15)3-6(7)5-19/h3-5H,2H2,1H3. The summed E-state index contributed by atoms with van der Waals surface area (Å²) in [6.07, 6.45) is -10.8. The summed E-state index contributed by atoms with van der Waals surface area (Å²) in [5, 5.41) is 0. The van der Waals surface area contributed by atoms with Gasteiger partial charge in [0.05, 0.1) is 23.3 Å². The van der Waals surface area contributed by atoms with E-state index in [0.717, 1.165) is 0 Å². The van der Waals surface area contributed by atoms with Crippen molar-refractivity contribution in [3.63, 3.8) is 0 Å². The van der Waals surface area contributed by atoms with E-state index in [0.29, 0.717) is 0 Å². The molecule has 9 heteroatoms. The number of ether oxygens (including phenoxy) is 1. The van der Waals surface area contributed by atoms with Crippen LogP contribution in [0.4, 0.5) is 26.3 Å². The molecule has 0 unspecified atom stereocenters. The molecule has 0 amide bonds. The first-order valence-corrected chi connectivity index (χ1v) is 5.47. The van der Waals surface area contributed by atoms with Gasteiger partial charge in [-0.3, -0.25) is 4.79 Å². The number of carbonyl (C=O) groups is 2. The van der Waals surface area contributed by atoms with Gasteiger partial charge in [-0.25, -0.2) is 4.79 Å². The average molecular weight is 314 g/mol. The summed E-state index contributed by atoms with van der Waals surface area (Å²) in [6, 6.07) is -0.0351. The molecule has 0 spiro atoms. The fourth-order valence-electron chi connectivity index (χ4n) is 1.57. The summed E-state index contributed by atoms with van der Waals surface area (Å²) >= 11 is 0. The van der Waals surface area contributed by atoms with Crippen molar-refractivity contribution >= 4 is 12.3 Å². The summed E-state index contributed by atoms with van der Waals surface area (Å²) in [7, 11) is 0. The predicted octanol–water partition coefficient (Wildman–Crippen LogP) is 3.71. The molecule has 1 rings (SSSR count). The lowest BCUT2D eigenvalue weighted by Crippen LogP contribution is -2.20. The zero-order valence-corrected chi connectivity index (χ0v) is 10.4. The third-order valence-electron chi connectivity index (χ3n) is 2.42. The molecule has 116 valence electrons. The molecule has 0 bridgehead atoms. The molecule has 0 N–H and O–H groups in total. The molecule has 1 aromatic carbocycles. The summed E-state index contributed by atoms with van der Waals surface area (Å²) in [5.74, 6) is -1.31. The third-order valence-corrected chi connectivity index (χ3v) is 2.42. The van der Waals surface area contributed by atoms with Gasteiger partial charge in [-0.05, 0) is 19.1 Å². The molecule has 0 radical (unpaired) electrons. The van der Waals surface area contributed by atoms with Crippen LogP contribution in [0.3, 0.4) is 0 Å². The Hall–Kier alpha value is -2.06. The van der Waals surface area contributed by atoms with Gasteiger partial charge in [0, 0.05) is 5.56 Å². The van der Waals surface area contributed by atoms with Crippen LogP contribution < -0.4 is 0 Å². The molecule has 0 aliphatic heterocycles. The fourth-order valence-corrected chi connectivity index (χ4v) is 1.57. The zero-order valence-electron chi connectivity index (χ0n) is 10.4. The summed E-state index contributed by atoms with van der Waals surface area (Å²) in [6.45, 7) is 1.15. The van der Waals surface area contributed by atoms with Gasteiger partial charge in [0.15, 0.2) is 6.29 Å². The zero-order chi connectivity index (χ0) is 16.4. The minimum Gasteiger partial charge on any atom is -0.462 e. The Kier molecular flexibility index (Phi) is 4.65. The average Bonchev–Trinajstić information content (AvgIpc) is 2.35. The van der Waals surface area contributed by atoms with E-state index in [1.54, 1.807) is 0 Å². The van der Waals surface area contributed by atoms with Crippen LogP contribution in [0.1, 0.15) is 38.8 Å². The number of halogens is 6. The Balaban J connectivity index is 3.64. The largest absolute Gasteiger partial charge is 0.462 e. The molecule has 0 saturated carbocycles. The van der Waals surface area contributed by atoms with Gasteiger partial charge in [-0.1, -0.05) is 0 Å². The number of rotatable bonds is 3. The predicted molar refractivity (Wildman–Crippen MR) is 57.8 cm³/mol. The first-order valence-electron chi connectivity index (χ1n) is 5.47. The molecule has 0 aliphatic rings. The Morgan fingerprint density at radius 1 is 1.10 bits per heavy atom. The second-order valence-electron chi connectivity index (χ2n) is 3.82. The molecule has 21 heavy (non-hydrogen) atoms. The highest BCUT2D eigenvalue weighted by atomic mass is 19.4. The minimum atomic E-state index is -5.34. The number of benzene rings is 1. The lowest BCUT2D eigenvalue weighted by molar-refractivity contribution is -0.162. The van der Waals surface area contributed by atoms with E-state index in [1.807, 2.05) is 0 Å². The van der Waals surface area contributed by atoms with Gasteiger partial charge >= 0.3 is 18.3 Å². The maximum atomic E-state index is 12.7. The van der Waals surface area contributed by atoms with Crippen LogP contribution >= 0.6 is 0 Å². The summed E-state index contributed by atoms with van der Waals surface area (Å²) in [4.78, 5) is 22.2. The van der Waals surface area contributed by atoms with E-state index in [2.05, 4.69) is 4.74 Å². The van der Waals surface area contributed by atoms with E-state index >= 15 is 0 Å². The summed E-state index contributed by atoms with van der Waals surface area (Å²) in [5.41, 5.74) is -5.78. The minimum absolute atomic E-state index is 0.0118. The van der Waals surface area contributed by atoms with Gasteiger partial charge < -0.3 is 4.74 Å². The highest BCUT2D eigenvalue weighted by molar-refractivity contribution is 5.98. The van der Waals surface area contributed by atoms with Crippen LogP contribution in [0.2, 0.25) is 0 Å². The number of hydrogen-bond acceptors (Lipinski definition) is 3. The monoisotopic (exact) mass is 314 g/mol. The molecule has 0 fully saturated rings. The van der Waals surface area contributed by atoms with Gasteiger partial charge in [0.1, 0.15) is 0 Å². The third kappa shape index (κ3) is 3.73. The van der Waals surface area contributed by atoms with Crippen LogP contribution in [0, 0.1) is 0 Å². The highest BCUT2D eigenvalue weighted by Gasteiger charge is 2.44. The number of alkyl halides is 6. The molecular formula is C12H8F6O3. The number of hydrogen-bond donors (Lipinski definition) is 0. The number of esters is 1. The van der Waals surface area contributed by atoms with Gasteiger partial charge in [-0.15, -0.1) is 0 Å². The quantitative estimate of drug-likeness (QED) is 0.485. The molecular weight excluding hydrogens is 306 g/mol. The lowest BCUT2D eigenvalue weighted by atomic mass is 9.98. The first-order chi connectivity index (χ1) is 9.52. The maximum absolute atomic E-state index is 12.7. The Labute approximate surface area is 114 Å². The van der Waals surface area contributed by atoms with Crippen molar-refractivity contribution in [1.29, 1.82) is 0 Å². The molecule has 0 aliphatic carbocycles. The van der Waals surface area contributed by atoms with E-state index < -0.39 is 40.6 Å². The molecule has 0 saturated heterocycles. The molecule has 0 atom stereocenters. The van der Waals surface area contributed by atoms with Gasteiger partial charge in [0.25, 0.3) is 0 Å². The topological polar surface area (TPSA) is 43.4 Å². The van der Waals surface area contributed by atoms with Crippen molar-refractivity contribution in [2.75, 3.05) is 6.61 Å². The SMILES string of the molecule is CCOC(=O)c1cc(C(F)(F)F)c(C(F)(F)F)cc1C=O. The van der Waals surface area contributed by atoms with Crippen molar-refractivity contribution in [2.24, 2.45) is 0 Å². The van der Waals surface area contributed by atoms with E-state index in [1.165, 1.54) is 6.92 Å². The van der Waals surface area contributed by atoms with E-state index in [9.17, 15) is 35.9 Å². The van der Waals surface area contributed by atoms with Crippen molar-refractivity contribution in [2.45, 2.75) is 19.3 Å². The van der Waals surface area contributed by atoms with Crippen LogP contribution in [0.25, 0.3) is 0 Å².